The van der Waals surface area contributed by atoms with Gasteiger partial charge < -0.3 is 19.9 Å². The predicted molar refractivity (Wildman–Crippen MR) is 91.3 cm³/mol. The van der Waals surface area contributed by atoms with Gasteiger partial charge in [-0.3, -0.25) is 0 Å². The first-order chi connectivity index (χ1) is 11.3. The lowest BCUT2D eigenvalue weighted by Crippen LogP contribution is -2.37. The average Bonchev–Trinajstić information content (AvgIpc) is 2.63. The van der Waals surface area contributed by atoms with Crippen LogP contribution >= 0.6 is 0 Å². The molecule has 2 N–H and O–H groups in total. The molecular formula is C19H29NO3. The van der Waals surface area contributed by atoms with Crippen molar-refractivity contribution in [3.63, 3.8) is 0 Å². The first kappa shape index (κ1) is 16.6. The molecule has 1 atom stereocenters. The van der Waals surface area contributed by atoms with Crippen molar-refractivity contribution in [1.29, 1.82) is 0 Å². The smallest absolute Gasteiger partial charge is 0.161 e. The molecule has 0 spiro atoms. The molecule has 2 aliphatic rings. The zero-order valence-corrected chi connectivity index (χ0v) is 14.2. The molecule has 1 heterocycles. The van der Waals surface area contributed by atoms with Crippen LogP contribution < -0.4 is 15.2 Å². The maximum absolute atomic E-state index is 6.16. The van der Waals surface area contributed by atoms with Crippen molar-refractivity contribution in [3.8, 4) is 11.5 Å². The van der Waals surface area contributed by atoms with Gasteiger partial charge in [0.05, 0.1) is 13.7 Å². The fourth-order valence-corrected chi connectivity index (χ4v) is 3.92. The second kappa shape index (κ2) is 7.54. The molecule has 0 amide bonds. The van der Waals surface area contributed by atoms with Gasteiger partial charge in [-0.2, -0.15) is 0 Å². The molecule has 1 aliphatic carbocycles. The maximum atomic E-state index is 6.16. The highest BCUT2D eigenvalue weighted by Gasteiger charge is 2.33. The van der Waals surface area contributed by atoms with Crippen LogP contribution in [0.2, 0.25) is 0 Å². The number of benzene rings is 1. The molecule has 4 nitrogen and oxygen atoms in total. The molecule has 0 bridgehead atoms. The summed E-state index contributed by atoms with van der Waals surface area (Å²) in [6, 6.07) is 6.37. The summed E-state index contributed by atoms with van der Waals surface area (Å²) in [6.07, 6.45) is 8.41. The van der Waals surface area contributed by atoms with E-state index < -0.39 is 0 Å². The highest BCUT2D eigenvalue weighted by atomic mass is 16.5. The Bertz CT molecular complexity index is 505. The third-order valence-electron chi connectivity index (χ3n) is 5.39. The molecule has 4 heteroatoms. The average molecular weight is 319 g/mol. The van der Waals surface area contributed by atoms with Crippen LogP contribution in [0.5, 0.6) is 11.5 Å². The summed E-state index contributed by atoms with van der Waals surface area (Å²) >= 11 is 0. The summed E-state index contributed by atoms with van der Waals surface area (Å²) < 4.78 is 17.2. The normalized spacial score (nSPS) is 24.2. The van der Waals surface area contributed by atoms with E-state index in [1.807, 2.05) is 0 Å². The van der Waals surface area contributed by atoms with Crippen LogP contribution in [0.4, 0.5) is 0 Å². The molecule has 3 rings (SSSR count). The lowest BCUT2D eigenvalue weighted by Gasteiger charge is -2.37. The summed E-state index contributed by atoms with van der Waals surface area (Å²) in [5, 5.41) is 0. The van der Waals surface area contributed by atoms with E-state index in [-0.39, 0.29) is 11.5 Å². The van der Waals surface area contributed by atoms with Gasteiger partial charge in [0.1, 0.15) is 6.10 Å². The van der Waals surface area contributed by atoms with Crippen LogP contribution in [-0.4, -0.2) is 33.0 Å². The molecule has 1 saturated heterocycles. The fourth-order valence-electron chi connectivity index (χ4n) is 3.92. The molecule has 1 aromatic carbocycles. The maximum Gasteiger partial charge on any atom is 0.161 e. The minimum absolute atomic E-state index is 0.109. The third-order valence-corrected chi connectivity index (χ3v) is 5.39. The Labute approximate surface area is 139 Å². The van der Waals surface area contributed by atoms with Gasteiger partial charge in [0, 0.05) is 18.6 Å². The molecule has 128 valence electrons. The summed E-state index contributed by atoms with van der Waals surface area (Å²) in [4.78, 5) is 0. The highest BCUT2D eigenvalue weighted by molar-refractivity contribution is 5.45. The molecule has 23 heavy (non-hydrogen) atoms. The molecule has 1 aliphatic heterocycles. The van der Waals surface area contributed by atoms with Gasteiger partial charge >= 0.3 is 0 Å². The quantitative estimate of drug-likeness (QED) is 0.903. The van der Waals surface area contributed by atoms with Crippen LogP contribution in [-0.2, 0) is 10.2 Å². The van der Waals surface area contributed by atoms with Gasteiger partial charge in [-0.25, -0.2) is 0 Å². The molecule has 2 fully saturated rings. The second-order valence-corrected chi connectivity index (χ2v) is 6.87. The van der Waals surface area contributed by atoms with Gasteiger partial charge in [0.25, 0.3) is 0 Å². The van der Waals surface area contributed by atoms with Crippen LogP contribution in [0.15, 0.2) is 18.2 Å². The summed E-state index contributed by atoms with van der Waals surface area (Å²) in [7, 11) is 1.71. The molecule has 1 saturated carbocycles. The topological polar surface area (TPSA) is 53.7 Å². The highest BCUT2D eigenvalue weighted by Crippen LogP contribution is 2.42. The van der Waals surface area contributed by atoms with Gasteiger partial charge in [-0.15, -0.1) is 0 Å². The zero-order chi connectivity index (χ0) is 16.1. The largest absolute Gasteiger partial charge is 0.493 e. The summed E-state index contributed by atoms with van der Waals surface area (Å²) in [5.41, 5.74) is 7.56. The van der Waals surface area contributed by atoms with Gasteiger partial charge in [-0.05, 0) is 43.4 Å². The number of hydrogen-bond donors (Lipinski definition) is 1. The van der Waals surface area contributed by atoms with Crippen LogP contribution in [0.1, 0.15) is 50.5 Å². The van der Waals surface area contributed by atoms with E-state index in [1.165, 1.54) is 37.7 Å². The van der Waals surface area contributed by atoms with Gasteiger partial charge in [0.2, 0.25) is 0 Å². The Morgan fingerprint density at radius 3 is 2.65 bits per heavy atom. The number of nitrogens with two attached hydrogens (primary N) is 1. The van der Waals surface area contributed by atoms with E-state index in [1.54, 1.807) is 7.11 Å². The van der Waals surface area contributed by atoms with E-state index in [0.29, 0.717) is 13.2 Å². The second-order valence-electron chi connectivity index (χ2n) is 6.87. The van der Waals surface area contributed by atoms with Gasteiger partial charge in [0.15, 0.2) is 11.5 Å². The van der Waals surface area contributed by atoms with Crippen molar-refractivity contribution in [1.82, 2.24) is 0 Å². The van der Waals surface area contributed by atoms with E-state index in [0.717, 1.165) is 30.9 Å². The van der Waals surface area contributed by atoms with E-state index in [9.17, 15) is 0 Å². The Morgan fingerprint density at radius 1 is 1.17 bits per heavy atom. The van der Waals surface area contributed by atoms with Crippen molar-refractivity contribution in [2.45, 2.75) is 56.5 Å². The molecule has 0 aromatic heterocycles. The zero-order valence-electron chi connectivity index (χ0n) is 14.2. The number of rotatable bonds is 5. The summed E-state index contributed by atoms with van der Waals surface area (Å²) in [6.45, 7) is 2.21. The SMILES string of the molecule is COc1cc(C2(CN)CCCCC2)ccc1OC1CCCOC1. The fraction of sp³-hybridized carbons (Fsp3) is 0.684. The van der Waals surface area contributed by atoms with E-state index in [4.69, 9.17) is 19.9 Å². The number of hydrogen-bond acceptors (Lipinski definition) is 4. The first-order valence-corrected chi connectivity index (χ1v) is 8.90. The Morgan fingerprint density at radius 2 is 2.00 bits per heavy atom. The van der Waals surface area contributed by atoms with Crippen molar-refractivity contribution in [2.75, 3.05) is 26.9 Å². The predicted octanol–water partition coefficient (Wildman–Crippen LogP) is 3.41. The van der Waals surface area contributed by atoms with Crippen molar-refractivity contribution in [2.24, 2.45) is 5.73 Å². The molecule has 1 unspecified atom stereocenters. The monoisotopic (exact) mass is 319 g/mol. The van der Waals surface area contributed by atoms with E-state index >= 15 is 0 Å². The lowest BCUT2D eigenvalue weighted by molar-refractivity contribution is 0.00642. The molecule has 1 aromatic rings. The number of methoxy groups -OCH3 is 1. The van der Waals surface area contributed by atoms with Crippen molar-refractivity contribution >= 4 is 0 Å². The van der Waals surface area contributed by atoms with Crippen LogP contribution in [0.25, 0.3) is 0 Å². The molecule has 0 radical (unpaired) electrons. The van der Waals surface area contributed by atoms with Crippen LogP contribution in [0, 0.1) is 0 Å². The Balaban J connectivity index is 1.80. The Kier molecular flexibility index (Phi) is 5.44. The van der Waals surface area contributed by atoms with Crippen LogP contribution in [0.3, 0.4) is 0 Å². The summed E-state index contributed by atoms with van der Waals surface area (Å²) in [5.74, 6) is 1.63. The molecular weight excluding hydrogens is 290 g/mol. The number of ether oxygens (including phenoxy) is 3. The Hall–Kier alpha value is -1.26. The lowest BCUT2D eigenvalue weighted by atomic mass is 9.69. The van der Waals surface area contributed by atoms with E-state index in [2.05, 4.69) is 18.2 Å². The minimum Gasteiger partial charge on any atom is -0.493 e. The van der Waals surface area contributed by atoms with Gasteiger partial charge in [-0.1, -0.05) is 25.3 Å². The minimum atomic E-state index is 0.109. The van der Waals surface area contributed by atoms with Crippen molar-refractivity contribution < 1.29 is 14.2 Å². The first-order valence-electron chi connectivity index (χ1n) is 8.90. The van der Waals surface area contributed by atoms with Crippen molar-refractivity contribution in [3.05, 3.63) is 23.8 Å². The standard InChI is InChI=1S/C19H29NO3/c1-21-18-12-15(19(14-20)9-3-2-4-10-19)7-8-17(18)23-16-6-5-11-22-13-16/h7-8,12,16H,2-6,9-11,13-14,20H2,1H3. The third kappa shape index (κ3) is 3.64.